The molecule has 1 atom stereocenters. The maximum absolute atomic E-state index is 12.9. The SMILES string of the molecule is CN1CCC(COC(=O)c2nc(-c3cc(Cl)c4[nH]ncc4c3)c(-c3ccccc3)nc2N)C1=O. The van der Waals surface area contributed by atoms with E-state index in [0.717, 1.165) is 10.9 Å². The molecule has 172 valence electrons. The minimum Gasteiger partial charge on any atom is -0.460 e. The molecule has 0 radical (unpaired) electrons. The summed E-state index contributed by atoms with van der Waals surface area (Å²) in [5, 5.41) is 8.14. The number of H-pyrrole nitrogens is 1. The molecule has 0 aliphatic carbocycles. The van der Waals surface area contributed by atoms with Gasteiger partial charge in [-0.2, -0.15) is 5.10 Å². The van der Waals surface area contributed by atoms with Crippen molar-refractivity contribution >= 4 is 40.2 Å². The van der Waals surface area contributed by atoms with E-state index in [4.69, 9.17) is 22.1 Å². The zero-order chi connectivity index (χ0) is 23.8. The fourth-order valence-corrected chi connectivity index (χ4v) is 4.31. The van der Waals surface area contributed by atoms with E-state index in [-0.39, 0.29) is 29.9 Å². The molecule has 1 amide bonds. The maximum Gasteiger partial charge on any atom is 0.360 e. The van der Waals surface area contributed by atoms with E-state index in [1.54, 1.807) is 24.2 Å². The summed E-state index contributed by atoms with van der Waals surface area (Å²) in [6, 6.07) is 13.0. The molecule has 5 rings (SSSR count). The fourth-order valence-electron chi connectivity index (χ4n) is 4.04. The number of anilines is 1. The van der Waals surface area contributed by atoms with E-state index in [2.05, 4.69) is 20.2 Å². The Balaban J connectivity index is 1.56. The normalized spacial score (nSPS) is 15.8. The lowest BCUT2D eigenvalue weighted by Crippen LogP contribution is -2.26. The summed E-state index contributed by atoms with van der Waals surface area (Å²) in [5.41, 5.74) is 9.08. The topological polar surface area (TPSA) is 127 Å². The zero-order valence-corrected chi connectivity index (χ0v) is 19.0. The molecular formula is C24H21ClN6O3. The second-order valence-electron chi connectivity index (χ2n) is 8.16. The highest BCUT2D eigenvalue weighted by molar-refractivity contribution is 6.35. The Morgan fingerprint density at radius 2 is 1.97 bits per heavy atom. The summed E-state index contributed by atoms with van der Waals surface area (Å²) < 4.78 is 5.42. The van der Waals surface area contributed by atoms with Crippen molar-refractivity contribution in [2.45, 2.75) is 6.42 Å². The molecular weight excluding hydrogens is 456 g/mol. The van der Waals surface area contributed by atoms with Gasteiger partial charge in [-0.25, -0.2) is 14.8 Å². The highest BCUT2D eigenvalue weighted by atomic mass is 35.5. The van der Waals surface area contributed by atoms with Gasteiger partial charge in [-0.3, -0.25) is 9.89 Å². The molecule has 1 unspecified atom stereocenters. The van der Waals surface area contributed by atoms with Gasteiger partial charge >= 0.3 is 5.97 Å². The first-order valence-electron chi connectivity index (χ1n) is 10.7. The van der Waals surface area contributed by atoms with Gasteiger partial charge in [0.2, 0.25) is 5.91 Å². The molecule has 2 aromatic heterocycles. The van der Waals surface area contributed by atoms with Crippen LogP contribution in [0.1, 0.15) is 16.9 Å². The Bertz CT molecular complexity index is 1400. The number of carbonyl (C=O) groups is 2. The van der Waals surface area contributed by atoms with Gasteiger partial charge in [-0.15, -0.1) is 0 Å². The Labute approximate surface area is 199 Å². The molecule has 0 saturated carbocycles. The van der Waals surface area contributed by atoms with Gasteiger partial charge in [0.15, 0.2) is 11.5 Å². The minimum atomic E-state index is -0.733. The molecule has 2 aromatic carbocycles. The number of aromatic amines is 1. The Morgan fingerprint density at radius 1 is 1.21 bits per heavy atom. The molecule has 3 heterocycles. The summed E-state index contributed by atoms with van der Waals surface area (Å²) >= 11 is 6.46. The number of nitrogen functional groups attached to an aromatic ring is 1. The number of ether oxygens (including phenoxy) is 1. The first-order valence-corrected chi connectivity index (χ1v) is 11.1. The van der Waals surface area contributed by atoms with Crippen molar-refractivity contribution in [1.29, 1.82) is 0 Å². The van der Waals surface area contributed by atoms with Crippen LogP contribution in [0, 0.1) is 5.92 Å². The molecule has 0 bridgehead atoms. The average molecular weight is 477 g/mol. The van der Waals surface area contributed by atoms with Crippen molar-refractivity contribution in [3.63, 3.8) is 0 Å². The summed E-state index contributed by atoms with van der Waals surface area (Å²) in [6.07, 6.45) is 2.29. The lowest BCUT2D eigenvalue weighted by molar-refractivity contribution is -0.130. The zero-order valence-electron chi connectivity index (χ0n) is 18.3. The second-order valence-corrected chi connectivity index (χ2v) is 8.56. The molecule has 1 fully saturated rings. The molecule has 9 nitrogen and oxygen atoms in total. The monoisotopic (exact) mass is 476 g/mol. The smallest absolute Gasteiger partial charge is 0.360 e. The lowest BCUT2D eigenvalue weighted by Gasteiger charge is -2.14. The summed E-state index contributed by atoms with van der Waals surface area (Å²) in [4.78, 5) is 35.8. The number of halogens is 1. The molecule has 10 heteroatoms. The molecule has 1 aliphatic rings. The fraction of sp³-hybridized carbons (Fsp3) is 0.208. The number of nitrogens with two attached hydrogens (primary N) is 1. The van der Waals surface area contributed by atoms with Crippen LogP contribution in [-0.4, -0.2) is 57.1 Å². The number of benzene rings is 2. The van der Waals surface area contributed by atoms with E-state index in [9.17, 15) is 9.59 Å². The molecule has 3 N–H and O–H groups in total. The molecule has 34 heavy (non-hydrogen) atoms. The van der Waals surface area contributed by atoms with Crippen LogP contribution in [0.3, 0.4) is 0 Å². The van der Waals surface area contributed by atoms with Gasteiger partial charge in [0.25, 0.3) is 0 Å². The van der Waals surface area contributed by atoms with Crippen molar-refractivity contribution in [1.82, 2.24) is 25.1 Å². The van der Waals surface area contributed by atoms with Gasteiger partial charge in [0.1, 0.15) is 6.61 Å². The van der Waals surface area contributed by atoms with Crippen LogP contribution in [-0.2, 0) is 9.53 Å². The van der Waals surface area contributed by atoms with Crippen LogP contribution >= 0.6 is 11.6 Å². The Hall–Kier alpha value is -3.98. The number of hydrogen-bond acceptors (Lipinski definition) is 7. The number of nitrogens with zero attached hydrogens (tertiary/aromatic N) is 4. The molecule has 4 aromatic rings. The predicted octanol–water partition coefficient (Wildman–Crippen LogP) is 3.56. The molecule has 0 spiro atoms. The maximum atomic E-state index is 12.9. The van der Waals surface area contributed by atoms with E-state index in [0.29, 0.717) is 40.5 Å². The van der Waals surface area contributed by atoms with Crippen molar-refractivity contribution in [2.75, 3.05) is 25.9 Å². The number of amides is 1. The summed E-state index contributed by atoms with van der Waals surface area (Å²) in [7, 11) is 1.73. The molecule has 1 aliphatic heterocycles. The van der Waals surface area contributed by atoms with E-state index >= 15 is 0 Å². The van der Waals surface area contributed by atoms with Crippen molar-refractivity contribution in [3.05, 3.63) is 59.4 Å². The number of esters is 1. The number of hydrogen-bond donors (Lipinski definition) is 2. The van der Waals surface area contributed by atoms with Crippen LogP contribution in [0.2, 0.25) is 5.02 Å². The van der Waals surface area contributed by atoms with Crippen molar-refractivity contribution in [2.24, 2.45) is 5.92 Å². The predicted molar refractivity (Wildman–Crippen MR) is 128 cm³/mol. The third kappa shape index (κ3) is 3.94. The van der Waals surface area contributed by atoms with Crippen molar-refractivity contribution < 1.29 is 14.3 Å². The second kappa shape index (κ2) is 8.75. The van der Waals surface area contributed by atoms with Crippen LogP contribution in [0.5, 0.6) is 0 Å². The van der Waals surface area contributed by atoms with Gasteiger partial charge in [-0.05, 0) is 18.6 Å². The summed E-state index contributed by atoms with van der Waals surface area (Å²) in [5.74, 6) is -1.20. The van der Waals surface area contributed by atoms with Crippen LogP contribution in [0.4, 0.5) is 5.82 Å². The largest absolute Gasteiger partial charge is 0.460 e. The number of fused-ring (bicyclic) bond motifs is 1. The van der Waals surface area contributed by atoms with Gasteiger partial charge in [0.05, 0.1) is 34.0 Å². The Morgan fingerprint density at radius 3 is 2.71 bits per heavy atom. The van der Waals surface area contributed by atoms with Crippen LogP contribution in [0.15, 0.2) is 48.7 Å². The first kappa shape index (κ1) is 21.8. The van der Waals surface area contributed by atoms with E-state index in [1.165, 1.54) is 0 Å². The molecule has 1 saturated heterocycles. The van der Waals surface area contributed by atoms with E-state index in [1.807, 2.05) is 36.4 Å². The first-order chi connectivity index (χ1) is 16.4. The van der Waals surface area contributed by atoms with Gasteiger partial charge in [0, 0.05) is 30.1 Å². The average Bonchev–Trinajstić information content (AvgIpc) is 3.45. The Kier molecular flexibility index (Phi) is 5.62. The van der Waals surface area contributed by atoms with Crippen LogP contribution in [0.25, 0.3) is 33.4 Å². The minimum absolute atomic E-state index is 0.0360. The quantitative estimate of drug-likeness (QED) is 0.421. The summed E-state index contributed by atoms with van der Waals surface area (Å²) in [6.45, 7) is 0.599. The number of likely N-dealkylation sites (tertiary alicyclic amines) is 1. The van der Waals surface area contributed by atoms with Crippen molar-refractivity contribution in [3.8, 4) is 22.5 Å². The standard InChI is InChI=1S/C24H21ClN6O3/c1-31-8-7-14(23(31)32)12-34-24(33)21-22(26)29-19(13-5-3-2-4-6-13)20(28-21)15-9-16-11-27-30-18(16)17(25)10-15/h2-6,9-11,14H,7-8,12H2,1H3,(H2,26,29)(H,27,30). The number of nitrogens with one attached hydrogen (secondary N) is 1. The highest BCUT2D eigenvalue weighted by Crippen LogP contribution is 2.35. The highest BCUT2D eigenvalue weighted by Gasteiger charge is 2.31. The lowest BCUT2D eigenvalue weighted by atomic mass is 10.0. The van der Waals surface area contributed by atoms with Gasteiger partial charge in [-0.1, -0.05) is 41.9 Å². The van der Waals surface area contributed by atoms with E-state index < -0.39 is 5.97 Å². The number of rotatable bonds is 5. The van der Waals surface area contributed by atoms with Gasteiger partial charge < -0.3 is 15.4 Å². The number of aromatic nitrogens is 4. The van der Waals surface area contributed by atoms with Crippen LogP contribution < -0.4 is 5.73 Å². The number of carbonyl (C=O) groups excluding carboxylic acids is 2. The third-order valence-corrected chi connectivity index (χ3v) is 6.19. The third-order valence-electron chi connectivity index (χ3n) is 5.89.